The van der Waals surface area contributed by atoms with Gasteiger partial charge in [-0.2, -0.15) is 13.2 Å². The molecule has 1 saturated carbocycles. The average Bonchev–Trinajstić information content (AvgIpc) is 3.01. The summed E-state index contributed by atoms with van der Waals surface area (Å²) in [6.07, 6.45) is 4.33. The summed E-state index contributed by atoms with van der Waals surface area (Å²) in [6, 6.07) is 0. The van der Waals surface area contributed by atoms with Crippen LogP contribution in [0.2, 0.25) is 12.6 Å². The lowest BCUT2D eigenvalue weighted by Gasteiger charge is -2.43. The second kappa shape index (κ2) is 5.79. The van der Waals surface area contributed by atoms with Crippen LogP contribution in [0, 0.1) is 16.7 Å². The standard InChI is InChI=1S/C19H30BF3O/c1-16(2)12-20(13-17(16,3)4)18(14-8-6-5-7-9-14)11-10-15(24-18)19(21,22)23/h10-11,14-15H,5-9,12-13H2,1-4H3. The Kier molecular flexibility index (Phi) is 4.42. The van der Waals surface area contributed by atoms with Crippen LogP contribution in [0.4, 0.5) is 13.2 Å². The first-order chi connectivity index (χ1) is 11.0. The number of hydrogen-bond acceptors (Lipinski definition) is 1. The summed E-state index contributed by atoms with van der Waals surface area (Å²) in [4.78, 5) is 0. The van der Waals surface area contributed by atoms with Crippen molar-refractivity contribution in [1.82, 2.24) is 0 Å². The van der Waals surface area contributed by atoms with Crippen molar-refractivity contribution < 1.29 is 17.9 Å². The highest BCUT2D eigenvalue weighted by Crippen LogP contribution is 2.58. The Labute approximate surface area is 144 Å². The molecule has 2 atom stereocenters. The molecule has 1 saturated heterocycles. The van der Waals surface area contributed by atoms with E-state index in [2.05, 4.69) is 27.7 Å². The van der Waals surface area contributed by atoms with Crippen molar-refractivity contribution in [1.29, 1.82) is 0 Å². The van der Waals surface area contributed by atoms with E-state index in [1.54, 1.807) is 0 Å². The Morgan fingerprint density at radius 1 is 0.958 bits per heavy atom. The van der Waals surface area contributed by atoms with Gasteiger partial charge in [-0.05, 0) is 35.7 Å². The molecule has 0 bridgehead atoms. The molecule has 2 unspecified atom stereocenters. The third kappa shape index (κ3) is 2.95. The van der Waals surface area contributed by atoms with Gasteiger partial charge in [-0.3, -0.25) is 0 Å². The molecule has 0 aromatic rings. The normalized spacial score (nSPS) is 36.5. The molecule has 2 aliphatic heterocycles. The number of alkyl halides is 3. The monoisotopic (exact) mass is 342 g/mol. The molecule has 2 fully saturated rings. The molecule has 0 amide bonds. The third-order valence-electron chi connectivity index (χ3n) is 7.41. The maximum absolute atomic E-state index is 13.3. The van der Waals surface area contributed by atoms with E-state index in [4.69, 9.17) is 4.74 Å². The van der Waals surface area contributed by atoms with Gasteiger partial charge in [0.25, 0.3) is 0 Å². The summed E-state index contributed by atoms with van der Waals surface area (Å²) in [7, 11) is 0. The zero-order valence-corrected chi connectivity index (χ0v) is 15.4. The second-order valence-corrected chi connectivity index (χ2v) is 9.50. The van der Waals surface area contributed by atoms with E-state index in [0.717, 1.165) is 38.3 Å². The van der Waals surface area contributed by atoms with Crippen molar-refractivity contribution in [3.05, 3.63) is 12.2 Å². The molecule has 1 aliphatic carbocycles. The van der Waals surface area contributed by atoms with Gasteiger partial charge in [-0.1, -0.05) is 65.7 Å². The van der Waals surface area contributed by atoms with Crippen molar-refractivity contribution >= 4 is 6.71 Å². The van der Waals surface area contributed by atoms with E-state index in [0.29, 0.717) is 0 Å². The summed E-state index contributed by atoms with van der Waals surface area (Å²) < 4.78 is 45.7. The largest absolute Gasteiger partial charge is 0.418 e. The molecule has 0 aromatic carbocycles. The van der Waals surface area contributed by atoms with E-state index in [9.17, 15) is 13.2 Å². The fraction of sp³-hybridized carbons (Fsp3) is 0.895. The summed E-state index contributed by atoms with van der Waals surface area (Å²) in [5, 5.41) is 0. The van der Waals surface area contributed by atoms with Gasteiger partial charge < -0.3 is 4.74 Å². The van der Waals surface area contributed by atoms with Crippen LogP contribution >= 0.6 is 0 Å². The van der Waals surface area contributed by atoms with Crippen LogP contribution in [-0.2, 0) is 4.74 Å². The Bertz CT molecular complexity index is 489. The fourth-order valence-corrected chi connectivity index (χ4v) is 5.24. The maximum atomic E-state index is 13.3. The van der Waals surface area contributed by atoms with E-state index in [1.165, 1.54) is 12.5 Å². The Morgan fingerprint density at radius 3 is 1.96 bits per heavy atom. The first kappa shape index (κ1) is 18.3. The lowest BCUT2D eigenvalue weighted by Crippen LogP contribution is -2.53. The molecule has 5 heteroatoms. The van der Waals surface area contributed by atoms with Crippen molar-refractivity contribution in [3.63, 3.8) is 0 Å². The predicted octanol–water partition coefficient (Wildman–Crippen LogP) is 5.92. The minimum Gasteiger partial charge on any atom is -0.362 e. The molecule has 3 aliphatic rings. The minimum absolute atomic E-state index is 0.118. The topological polar surface area (TPSA) is 9.23 Å². The zero-order chi connectivity index (χ0) is 17.8. The molecular weight excluding hydrogens is 312 g/mol. The molecular formula is C19H30BF3O. The highest BCUT2D eigenvalue weighted by atomic mass is 19.4. The lowest BCUT2D eigenvalue weighted by molar-refractivity contribution is -0.217. The Morgan fingerprint density at radius 2 is 1.50 bits per heavy atom. The molecule has 0 radical (unpaired) electrons. The molecule has 136 valence electrons. The smallest absolute Gasteiger partial charge is 0.362 e. The van der Waals surface area contributed by atoms with Gasteiger partial charge in [0.2, 0.25) is 0 Å². The number of ether oxygens (including phenoxy) is 1. The van der Waals surface area contributed by atoms with Crippen molar-refractivity contribution in [2.24, 2.45) is 16.7 Å². The number of halogens is 3. The van der Waals surface area contributed by atoms with Crippen LogP contribution in [0.25, 0.3) is 0 Å². The van der Waals surface area contributed by atoms with E-state index in [-0.39, 0.29) is 23.5 Å². The van der Waals surface area contributed by atoms with Gasteiger partial charge in [-0.25, -0.2) is 0 Å². The second-order valence-electron chi connectivity index (χ2n) is 9.50. The first-order valence-electron chi connectivity index (χ1n) is 9.42. The predicted molar refractivity (Wildman–Crippen MR) is 92.3 cm³/mol. The zero-order valence-electron chi connectivity index (χ0n) is 15.4. The van der Waals surface area contributed by atoms with Crippen molar-refractivity contribution in [2.75, 3.05) is 0 Å². The molecule has 0 aromatic heterocycles. The molecule has 2 heterocycles. The fourth-order valence-electron chi connectivity index (χ4n) is 5.24. The van der Waals surface area contributed by atoms with Crippen LogP contribution in [0.1, 0.15) is 59.8 Å². The van der Waals surface area contributed by atoms with Gasteiger partial charge in [0.05, 0.1) is 5.50 Å². The maximum Gasteiger partial charge on any atom is 0.418 e. The number of hydrogen-bond donors (Lipinski definition) is 0. The van der Waals surface area contributed by atoms with E-state index < -0.39 is 17.8 Å². The van der Waals surface area contributed by atoms with Gasteiger partial charge in [-0.15, -0.1) is 0 Å². The van der Waals surface area contributed by atoms with Crippen LogP contribution < -0.4 is 0 Å². The molecule has 24 heavy (non-hydrogen) atoms. The summed E-state index contributed by atoms with van der Waals surface area (Å²) in [5.41, 5.74) is -0.481. The first-order valence-corrected chi connectivity index (χ1v) is 9.42. The van der Waals surface area contributed by atoms with Crippen LogP contribution in [-0.4, -0.2) is 24.5 Å². The third-order valence-corrected chi connectivity index (χ3v) is 7.41. The highest BCUT2D eigenvalue weighted by molar-refractivity contribution is 6.64. The van der Waals surface area contributed by atoms with Gasteiger partial charge in [0.15, 0.2) is 12.8 Å². The Balaban J connectivity index is 1.92. The summed E-state index contributed by atoms with van der Waals surface area (Å²) >= 11 is 0. The van der Waals surface area contributed by atoms with Crippen LogP contribution in [0.3, 0.4) is 0 Å². The summed E-state index contributed by atoms with van der Waals surface area (Å²) in [5.74, 6) is 0.226. The van der Waals surface area contributed by atoms with E-state index in [1.807, 2.05) is 6.08 Å². The summed E-state index contributed by atoms with van der Waals surface area (Å²) in [6.45, 7) is 9.18. The number of rotatable bonds is 2. The van der Waals surface area contributed by atoms with Crippen molar-refractivity contribution in [3.8, 4) is 0 Å². The minimum atomic E-state index is -4.31. The van der Waals surface area contributed by atoms with Crippen LogP contribution in [0.5, 0.6) is 0 Å². The SMILES string of the molecule is CC1(C)CB(C2(C3CCCCC3)C=CC(C(F)(F)F)O2)CC1(C)C. The molecule has 1 nitrogen and oxygen atoms in total. The molecule has 0 spiro atoms. The molecule has 3 rings (SSSR count). The van der Waals surface area contributed by atoms with Crippen molar-refractivity contribution in [2.45, 2.75) is 90.2 Å². The van der Waals surface area contributed by atoms with Gasteiger partial charge in [0, 0.05) is 0 Å². The average molecular weight is 342 g/mol. The lowest BCUT2D eigenvalue weighted by atomic mass is 9.32. The van der Waals surface area contributed by atoms with Gasteiger partial charge in [0.1, 0.15) is 0 Å². The Hall–Kier alpha value is -0.445. The van der Waals surface area contributed by atoms with Crippen LogP contribution in [0.15, 0.2) is 12.2 Å². The molecule has 0 N–H and O–H groups in total. The highest BCUT2D eigenvalue weighted by Gasteiger charge is 2.61. The quantitative estimate of drug-likeness (QED) is 0.447. The van der Waals surface area contributed by atoms with E-state index >= 15 is 0 Å². The van der Waals surface area contributed by atoms with Gasteiger partial charge >= 0.3 is 6.18 Å².